The predicted octanol–water partition coefficient (Wildman–Crippen LogP) is 0.800. The largest absolute Gasteiger partial charge is 0.394 e. The second-order valence-electron chi connectivity index (χ2n) is 8.95. The Morgan fingerprint density at radius 2 is 1.94 bits per heavy atom. The lowest BCUT2D eigenvalue weighted by atomic mass is 9.84. The number of anilines is 1. The van der Waals surface area contributed by atoms with Crippen molar-refractivity contribution in [3.63, 3.8) is 0 Å². The normalized spacial score (nSPS) is 29.4. The summed E-state index contributed by atoms with van der Waals surface area (Å²) < 4.78 is 7.26. The van der Waals surface area contributed by atoms with E-state index in [0.29, 0.717) is 17.0 Å². The van der Waals surface area contributed by atoms with Crippen LogP contribution in [0.5, 0.6) is 0 Å². The number of aromatic nitrogens is 4. The lowest BCUT2D eigenvalue weighted by molar-refractivity contribution is -0.0511. The number of nitrogens with one attached hydrogen (secondary N) is 1. The molecule has 2 aromatic carbocycles. The van der Waals surface area contributed by atoms with Gasteiger partial charge in [-0.3, -0.25) is 4.57 Å². The molecule has 4 heterocycles. The number of ether oxygens (including phenoxy) is 1. The number of benzene rings is 2. The molecule has 5 atom stereocenters. The average molecular weight is 463 g/mol. The topological polar surface area (TPSA) is 152 Å². The van der Waals surface area contributed by atoms with E-state index in [2.05, 4.69) is 39.6 Å². The summed E-state index contributed by atoms with van der Waals surface area (Å²) in [5.41, 5.74) is 7.55. The Labute approximate surface area is 195 Å². The first kappa shape index (κ1) is 21.4. The van der Waals surface area contributed by atoms with Crippen LogP contribution in [0.3, 0.4) is 0 Å². The SMILES string of the molecule is Nc1nc(C2(c3cccc4ccccc34)CCCN2)nc2c1ncn2[C@@H]1O[C@H](CO)C(O)C1O. The van der Waals surface area contributed by atoms with Crippen molar-refractivity contribution in [1.29, 1.82) is 0 Å². The molecule has 10 nitrogen and oxygen atoms in total. The number of fused-ring (bicyclic) bond motifs is 2. The molecule has 6 N–H and O–H groups in total. The molecule has 2 aliphatic rings. The van der Waals surface area contributed by atoms with Crippen molar-refractivity contribution in [3.8, 4) is 0 Å². The van der Waals surface area contributed by atoms with Gasteiger partial charge in [0, 0.05) is 0 Å². The van der Waals surface area contributed by atoms with E-state index in [0.717, 1.165) is 35.7 Å². The van der Waals surface area contributed by atoms with E-state index in [1.807, 2.05) is 18.2 Å². The highest BCUT2D eigenvalue weighted by Crippen LogP contribution is 2.41. The van der Waals surface area contributed by atoms with Crippen LogP contribution in [0.4, 0.5) is 5.82 Å². The molecule has 0 saturated carbocycles. The zero-order valence-corrected chi connectivity index (χ0v) is 18.4. The van der Waals surface area contributed by atoms with Crippen LogP contribution in [0.2, 0.25) is 0 Å². The smallest absolute Gasteiger partial charge is 0.168 e. The quantitative estimate of drug-likeness (QED) is 0.296. The van der Waals surface area contributed by atoms with Gasteiger partial charge in [0.2, 0.25) is 0 Å². The van der Waals surface area contributed by atoms with Crippen molar-refractivity contribution in [2.75, 3.05) is 18.9 Å². The van der Waals surface area contributed by atoms with Gasteiger partial charge < -0.3 is 31.1 Å². The molecular formula is C24H26N6O4. The first-order valence-corrected chi connectivity index (χ1v) is 11.4. The molecule has 2 aromatic heterocycles. The summed E-state index contributed by atoms with van der Waals surface area (Å²) in [6, 6.07) is 14.4. The van der Waals surface area contributed by atoms with Crippen LogP contribution in [0.25, 0.3) is 21.9 Å². The molecule has 0 aliphatic carbocycles. The fourth-order valence-corrected chi connectivity index (χ4v) is 5.31. The number of nitrogen functional groups attached to an aromatic ring is 1. The summed E-state index contributed by atoms with van der Waals surface area (Å²) in [4.78, 5) is 13.9. The van der Waals surface area contributed by atoms with Crippen molar-refractivity contribution < 1.29 is 20.1 Å². The summed E-state index contributed by atoms with van der Waals surface area (Å²) in [6.45, 7) is 0.385. The van der Waals surface area contributed by atoms with E-state index in [9.17, 15) is 15.3 Å². The molecule has 0 radical (unpaired) electrons. The molecule has 34 heavy (non-hydrogen) atoms. The summed E-state index contributed by atoms with van der Waals surface area (Å²) in [6.07, 6.45) is -1.17. The number of hydrogen-bond donors (Lipinski definition) is 5. The fourth-order valence-electron chi connectivity index (χ4n) is 5.31. The van der Waals surface area contributed by atoms with Crippen molar-refractivity contribution >= 4 is 27.8 Å². The van der Waals surface area contributed by atoms with Gasteiger partial charge in [0.05, 0.1) is 12.9 Å². The third-order valence-corrected chi connectivity index (χ3v) is 7.03. The highest BCUT2D eigenvalue weighted by atomic mass is 16.6. The van der Waals surface area contributed by atoms with Crippen LogP contribution in [-0.4, -0.2) is 66.3 Å². The van der Waals surface area contributed by atoms with Gasteiger partial charge in [-0.05, 0) is 35.7 Å². The monoisotopic (exact) mass is 462 g/mol. The van der Waals surface area contributed by atoms with Gasteiger partial charge in [-0.15, -0.1) is 0 Å². The molecule has 0 bridgehead atoms. The summed E-state index contributed by atoms with van der Waals surface area (Å²) in [5, 5.41) is 36.2. The molecule has 4 aromatic rings. The molecule has 176 valence electrons. The highest BCUT2D eigenvalue weighted by Gasteiger charge is 2.45. The minimum Gasteiger partial charge on any atom is -0.394 e. The van der Waals surface area contributed by atoms with Gasteiger partial charge in [-0.1, -0.05) is 42.5 Å². The maximum Gasteiger partial charge on any atom is 0.168 e. The lowest BCUT2D eigenvalue weighted by Gasteiger charge is -2.30. The maximum atomic E-state index is 10.6. The number of hydrogen-bond acceptors (Lipinski definition) is 9. The lowest BCUT2D eigenvalue weighted by Crippen LogP contribution is -2.40. The Bertz CT molecular complexity index is 1360. The minimum atomic E-state index is -1.26. The van der Waals surface area contributed by atoms with E-state index in [-0.39, 0.29) is 5.82 Å². The Balaban J connectivity index is 1.54. The zero-order valence-electron chi connectivity index (χ0n) is 18.4. The first-order valence-electron chi connectivity index (χ1n) is 11.4. The van der Waals surface area contributed by atoms with Crippen LogP contribution < -0.4 is 11.1 Å². The van der Waals surface area contributed by atoms with Crippen molar-refractivity contribution in [3.05, 3.63) is 60.2 Å². The highest BCUT2D eigenvalue weighted by molar-refractivity contribution is 5.87. The molecule has 10 heteroatoms. The van der Waals surface area contributed by atoms with Crippen LogP contribution in [-0.2, 0) is 10.3 Å². The molecule has 6 rings (SSSR count). The van der Waals surface area contributed by atoms with Crippen molar-refractivity contribution in [1.82, 2.24) is 24.8 Å². The van der Waals surface area contributed by atoms with Gasteiger partial charge in [-0.25, -0.2) is 15.0 Å². The van der Waals surface area contributed by atoms with E-state index < -0.39 is 36.7 Å². The zero-order chi connectivity index (χ0) is 23.4. The number of aliphatic hydroxyl groups excluding tert-OH is 3. The summed E-state index contributed by atoms with van der Waals surface area (Å²) in [5.74, 6) is 0.735. The van der Waals surface area contributed by atoms with Crippen molar-refractivity contribution in [2.24, 2.45) is 0 Å². The van der Waals surface area contributed by atoms with Crippen LogP contribution in [0.1, 0.15) is 30.5 Å². The average Bonchev–Trinajstić information content (AvgIpc) is 3.58. The van der Waals surface area contributed by atoms with Crippen LogP contribution in [0.15, 0.2) is 48.8 Å². The Hall–Kier alpha value is -3.15. The minimum absolute atomic E-state index is 0.221. The number of nitrogens with two attached hydrogens (primary N) is 1. The van der Waals surface area contributed by atoms with E-state index in [4.69, 9.17) is 15.5 Å². The van der Waals surface area contributed by atoms with E-state index in [1.54, 1.807) is 4.57 Å². The fraction of sp³-hybridized carbons (Fsp3) is 0.375. The van der Waals surface area contributed by atoms with E-state index >= 15 is 0 Å². The summed E-state index contributed by atoms with van der Waals surface area (Å²) in [7, 11) is 0. The Morgan fingerprint density at radius 3 is 2.71 bits per heavy atom. The standard InChI is InChI=1S/C24H26N6O4/c25-20-17-21(30(12-26-17)22-19(33)18(32)16(11-31)34-22)29-23(28-20)24(9-4-10-27-24)15-8-3-6-13-5-1-2-7-14(13)15/h1-3,5-8,12,16,18-19,22,27,31-33H,4,9-11H2,(H2,25,28,29)/t16-,18?,19?,22-,24?/m1/s1. The molecule has 2 fully saturated rings. The van der Waals surface area contributed by atoms with Gasteiger partial charge in [0.25, 0.3) is 0 Å². The van der Waals surface area contributed by atoms with Gasteiger partial charge in [-0.2, -0.15) is 0 Å². The Morgan fingerprint density at radius 1 is 1.12 bits per heavy atom. The molecular weight excluding hydrogens is 436 g/mol. The third kappa shape index (κ3) is 3.04. The van der Waals surface area contributed by atoms with E-state index in [1.165, 1.54) is 6.33 Å². The van der Waals surface area contributed by atoms with Gasteiger partial charge in [0.15, 0.2) is 23.5 Å². The number of nitrogens with zero attached hydrogens (tertiary/aromatic N) is 4. The van der Waals surface area contributed by atoms with Gasteiger partial charge >= 0.3 is 0 Å². The van der Waals surface area contributed by atoms with Crippen molar-refractivity contribution in [2.45, 2.75) is 42.9 Å². The Kier molecular flexibility index (Phi) is 5.01. The second kappa shape index (κ2) is 7.97. The third-order valence-electron chi connectivity index (χ3n) is 7.03. The molecule has 0 spiro atoms. The second-order valence-corrected chi connectivity index (χ2v) is 8.95. The molecule has 2 aliphatic heterocycles. The summed E-state index contributed by atoms with van der Waals surface area (Å²) >= 11 is 0. The predicted molar refractivity (Wildman–Crippen MR) is 125 cm³/mol. The number of imidazole rings is 1. The maximum absolute atomic E-state index is 10.6. The van der Waals surface area contributed by atoms with Gasteiger partial charge in [0.1, 0.15) is 29.4 Å². The number of rotatable bonds is 4. The molecule has 3 unspecified atom stereocenters. The van der Waals surface area contributed by atoms with Crippen LogP contribution in [0, 0.1) is 0 Å². The molecule has 2 saturated heterocycles. The number of aliphatic hydroxyl groups is 3. The first-order chi connectivity index (χ1) is 16.5. The van der Waals surface area contributed by atoms with Crippen LogP contribution >= 0.6 is 0 Å². The molecule has 0 amide bonds.